The molecular weight excluding hydrogens is 1440 g/mol. The number of esters is 6. The lowest BCUT2D eigenvalue weighted by Crippen LogP contribution is -2.60. The van der Waals surface area contributed by atoms with E-state index >= 15 is 0 Å². The molecule has 0 spiro atoms. The van der Waals surface area contributed by atoms with Crippen molar-refractivity contribution in [3.05, 3.63) is 60.7 Å². The molecule has 6 N–H and O–H groups in total. The predicted molar refractivity (Wildman–Crippen MR) is 362 cm³/mol. The van der Waals surface area contributed by atoms with Gasteiger partial charge in [-0.3, -0.25) is 121 Å². The van der Waals surface area contributed by atoms with E-state index in [2.05, 4.69) is 60.3 Å². The molecule has 8 unspecified atom stereocenters. The van der Waals surface area contributed by atoms with Crippen LogP contribution in [0.1, 0.15) is 154 Å². The third-order valence-electron chi connectivity index (χ3n) is 18.7. The molecule has 6 aliphatic rings. The third kappa shape index (κ3) is 36.9. The predicted octanol–water partition coefficient (Wildman–Crippen LogP) is 4.87. The minimum atomic E-state index is -1.30. The summed E-state index contributed by atoms with van der Waals surface area (Å²) in [7, 11) is 7.57. The fourth-order valence-electron chi connectivity index (χ4n) is 13.0. The summed E-state index contributed by atoms with van der Waals surface area (Å²) in [6, 6.07) is 0. The van der Waals surface area contributed by atoms with Crippen molar-refractivity contribution >= 4 is 70.6 Å². The highest BCUT2D eigenvalue weighted by Gasteiger charge is 2.48. The molecule has 0 aliphatic heterocycles. The molecule has 6 rings (SSSR count). The van der Waals surface area contributed by atoms with Gasteiger partial charge in [0, 0.05) is 46.7 Å². The molecule has 0 bridgehead atoms. The van der Waals surface area contributed by atoms with E-state index in [0.717, 1.165) is 57.8 Å². The highest BCUT2D eigenvalue weighted by Crippen LogP contribution is 2.36. The lowest BCUT2D eigenvalue weighted by atomic mass is 9.80. The van der Waals surface area contributed by atoms with Gasteiger partial charge < -0.3 is 28.4 Å². The number of methoxy groups -OCH3 is 6. The van der Waals surface area contributed by atoms with E-state index in [1.54, 1.807) is 0 Å². The molecule has 8 atom stereocenters. The Morgan fingerprint density at radius 2 is 0.657 bits per heavy atom. The van der Waals surface area contributed by atoms with Crippen molar-refractivity contribution in [2.45, 2.75) is 222 Å². The molecule has 0 amide bonds. The van der Waals surface area contributed by atoms with Gasteiger partial charge >= 0.3 is 35.8 Å². The summed E-state index contributed by atoms with van der Waals surface area (Å²) in [4.78, 5) is 128. The van der Waals surface area contributed by atoms with Crippen molar-refractivity contribution in [3.8, 4) is 0 Å². The van der Waals surface area contributed by atoms with Gasteiger partial charge in [-0.1, -0.05) is 25.7 Å². The van der Waals surface area contributed by atoms with Gasteiger partial charge in [0.2, 0.25) is 39.3 Å². The Bertz CT molecular complexity index is 2510. The molecule has 0 heterocycles. The molecule has 102 heavy (non-hydrogen) atoms. The molecule has 6 saturated carbocycles. The monoisotopic (exact) mass is 1540 g/mol. The summed E-state index contributed by atoms with van der Waals surface area (Å²) in [5, 5.41) is 80.8. The highest BCUT2D eigenvalue weighted by atomic mass is 35.5. The molecule has 0 saturated heterocycles. The van der Waals surface area contributed by atoms with Crippen molar-refractivity contribution in [3.63, 3.8) is 0 Å². The maximum atomic E-state index is 13.9. The van der Waals surface area contributed by atoms with Crippen molar-refractivity contribution < 1.29 is 99.9 Å². The first kappa shape index (κ1) is 93.7. The zero-order valence-corrected chi connectivity index (χ0v) is 60.9. The Morgan fingerprint density at radius 3 is 1.01 bits per heavy atom. The summed E-state index contributed by atoms with van der Waals surface area (Å²) in [6.45, 7) is -2.33. The number of rotatable bonds is 30. The maximum Gasteiger partial charge on any atom is 0.319 e. The Balaban J connectivity index is 0.000000612. The summed E-state index contributed by atoms with van der Waals surface area (Å²) in [6.07, 6.45) is 10.5. The van der Waals surface area contributed by atoms with Gasteiger partial charge in [0.25, 0.3) is 0 Å². The molecule has 6 fully saturated rings. The van der Waals surface area contributed by atoms with Gasteiger partial charge in [-0.05, 0) is 122 Å². The Hall–Kier alpha value is -6.36. The lowest BCUT2D eigenvalue weighted by Gasteiger charge is -2.38. The second kappa shape index (κ2) is 47.9. The summed E-state index contributed by atoms with van der Waals surface area (Å²) in [5.41, 5.74) is -5.02. The first-order valence-electron chi connectivity index (χ1n) is 33.4. The van der Waals surface area contributed by atoms with Crippen LogP contribution >= 0.6 is 34.8 Å². The second-order valence-electron chi connectivity index (χ2n) is 26.1. The largest absolute Gasteiger partial charge is 0.468 e. The second-order valence-corrected chi connectivity index (χ2v) is 27.9. The molecular formula is C60H102Cl3F3N12O24. The fraction of sp³-hybridized carbons (Fsp3) is 0.900. The van der Waals surface area contributed by atoms with Gasteiger partial charge in [-0.2, -0.15) is 0 Å². The summed E-state index contributed by atoms with van der Waals surface area (Å²) >= 11 is 18.2. The normalized spacial score (nSPS) is 28.7. The average Bonchev–Trinajstić information content (AvgIpc) is 0.842. The van der Waals surface area contributed by atoms with Crippen LogP contribution in [0.25, 0.3) is 0 Å². The topological polar surface area (TPSA) is 489 Å². The third-order valence-corrected chi connectivity index (χ3v) is 20.1. The van der Waals surface area contributed by atoms with E-state index in [9.17, 15) is 103 Å². The lowest BCUT2D eigenvalue weighted by molar-refractivity contribution is -0.493. The van der Waals surface area contributed by atoms with Crippen molar-refractivity contribution in [2.75, 3.05) is 121 Å². The highest BCUT2D eigenvalue weighted by molar-refractivity contribution is 6.21. The summed E-state index contributed by atoms with van der Waals surface area (Å²) < 4.78 is 67.2. The standard InChI is InChI=1S/3C10H17ClN2O4.3C10H17FN2O4/c1-17-9(14)6-12-10(7-13(15)16)4-2-8(11)3-5-10;1-17-9(14)6-12-10(7-13(15)16)4-2-3-8(11)5-10;1-17-9(14)6-12-10(7-13(15)16)5-3-2-4-8(10)11;1-17-9(14)6-12-10(7-13(15)16)4-2-8(11)3-5-10;1-17-9(14)6-12-10(7-13(15)16)4-2-3-8(11)5-10;1-17-9(14)6-12-10(7-13(15)16)5-3-2-4-8(10)11/h6*8,12H,2-7H2,1H3. The Kier molecular flexibility index (Phi) is 44.0. The average molecular weight is 1540 g/mol. The molecule has 0 radical (unpaired) electrons. The number of ether oxygens (including phenoxy) is 6. The SMILES string of the molecule is COC(=O)CNC1(C[N+](=O)[O-])CCC(Cl)CC1.COC(=O)CNC1(C[N+](=O)[O-])CCC(F)CC1.COC(=O)CNC1(C[N+](=O)[O-])CCCC(Cl)C1.COC(=O)CNC1(C[N+](=O)[O-])CCCC(F)C1.COC(=O)CNC1(C[N+](=O)[O-])CCCCC1Cl.COC(=O)CNC1(C[N+](=O)[O-])CCCCC1F. The minimum Gasteiger partial charge on any atom is -0.468 e. The van der Waals surface area contributed by atoms with Crippen LogP contribution in [0, 0.1) is 60.7 Å². The minimum absolute atomic E-state index is 0.00269. The number of carbonyl (C=O) groups is 6. The zero-order valence-electron chi connectivity index (χ0n) is 58.7. The number of alkyl halides is 6. The van der Waals surface area contributed by atoms with Crippen LogP contribution in [0.2, 0.25) is 0 Å². The molecule has 0 aromatic carbocycles. The van der Waals surface area contributed by atoms with Gasteiger partial charge in [0.15, 0.2) is 0 Å². The maximum absolute atomic E-state index is 13.9. The molecule has 6 aliphatic carbocycles. The number of nitro groups is 6. The van der Waals surface area contributed by atoms with E-state index in [-0.39, 0.29) is 109 Å². The number of nitrogens with one attached hydrogen (secondary N) is 6. The van der Waals surface area contributed by atoms with Crippen molar-refractivity contribution in [2.24, 2.45) is 0 Å². The van der Waals surface area contributed by atoms with E-state index in [1.807, 2.05) is 0 Å². The van der Waals surface area contributed by atoms with Crippen LogP contribution in [0.3, 0.4) is 0 Å². The quantitative estimate of drug-likeness (QED) is 0.0184. The Labute approximate surface area is 604 Å². The molecule has 588 valence electrons. The van der Waals surface area contributed by atoms with Crippen LogP contribution in [-0.2, 0) is 57.2 Å². The Morgan fingerprint density at radius 1 is 0.343 bits per heavy atom. The molecule has 0 aromatic heterocycles. The number of carbonyl (C=O) groups excluding carboxylic acids is 6. The fourth-order valence-corrected chi connectivity index (χ4v) is 14.1. The van der Waals surface area contributed by atoms with Crippen molar-refractivity contribution in [1.29, 1.82) is 0 Å². The number of hydrogen-bond donors (Lipinski definition) is 6. The first-order chi connectivity index (χ1) is 47.9. The van der Waals surface area contributed by atoms with E-state index < -0.39 is 109 Å². The van der Waals surface area contributed by atoms with Gasteiger partial charge in [-0.15, -0.1) is 34.8 Å². The van der Waals surface area contributed by atoms with Gasteiger partial charge in [-0.25, -0.2) is 13.2 Å². The van der Waals surface area contributed by atoms with E-state index in [0.29, 0.717) is 89.9 Å². The van der Waals surface area contributed by atoms with Crippen LogP contribution in [0.15, 0.2) is 0 Å². The zero-order chi connectivity index (χ0) is 77.3. The number of nitrogens with zero attached hydrogens (tertiary/aromatic N) is 6. The van der Waals surface area contributed by atoms with Crippen LogP contribution in [0.4, 0.5) is 13.2 Å². The number of halogens is 6. The van der Waals surface area contributed by atoms with Crippen LogP contribution in [-0.4, -0.2) is 254 Å². The van der Waals surface area contributed by atoms with Gasteiger partial charge in [0.05, 0.1) is 109 Å². The first-order valence-corrected chi connectivity index (χ1v) is 34.7. The molecule has 36 nitrogen and oxygen atoms in total. The molecule has 0 aromatic rings. The van der Waals surface area contributed by atoms with Crippen LogP contribution < -0.4 is 31.9 Å². The van der Waals surface area contributed by atoms with E-state index in [1.165, 1.54) is 42.7 Å². The van der Waals surface area contributed by atoms with Crippen LogP contribution in [0.5, 0.6) is 0 Å². The smallest absolute Gasteiger partial charge is 0.319 e. The van der Waals surface area contributed by atoms with Crippen molar-refractivity contribution in [1.82, 2.24) is 31.9 Å². The van der Waals surface area contributed by atoms with Gasteiger partial charge in [0.1, 0.15) is 29.6 Å². The molecule has 42 heteroatoms. The summed E-state index contributed by atoms with van der Waals surface area (Å²) in [5.74, 6) is -2.82. The number of hydrogen-bond acceptors (Lipinski definition) is 30. The van der Waals surface area contributed by atoms with E-state index in [4.69, 9.17) is 34.8 Å².